The molecule has 0 radical (unpaired) electrons. The molecule has 2 N–H and O–H groups in total. The quantitative estimate of drug-likeness (QED) is 0.587. The molecule has 1 amide bonds. The number of aromatic nitrogens is 3. The van der Waals surface area contributed by atoms with Gasteiger partial charge in [0.05, 0.1) is 16.6 Å². The first-order valence-electron chi connectivity index (χ1n) is 9.16. The summed E-state index contributed by atoms with van der Waals surface area (Å²) >= 11 is 0. The molecule has 152 valence electrons. The fourth-order valence-corrected chi connectivity index (χ4v) is 3.60. The summed E-state index contributed by atoms with van der Waals surface area (Å²) in [4.78, 5) is 16.4. The zero-order valence-electron chi connectivity index (χ0n) is 16.2. The molecule has 0 spiro atoms. The third-order valence-corrected chi connectivity index (χ3v) is 6.03. The second-order valence-corrected chi connectivity index (χ2v) is 8.46. The van der Waals surface area contributed by atoms with Crippen LogP contribution in [0.1, 0.15) is 30.5 Å². The minimum Gasteiger partial charge on any atom is -0.350 e. The monoisotopic (exact) mass is 413 g/mol. The Hall–Kier alpha value is -3.04. The van der Waals surface area contributed by atoms with Crippen molar-refractivity contribution in [2.75, 3.05) is 7.05 Å². The summed E-state index contributed by atoms with van der Waals surface area (Å²) in [6.07, 6.45) is 3.95. The Morgan fingerprint density at radius 2 is 1.79 bits per heavy atom. The molecule has 3 rings (SSSR count). The van der Waals surface area contributed by atoms with E-state index in [4.69, 9.17) is 0 Å². The molecule has 8 nitrogen and oxygen atoms in total. The van der Waals surface area contributed by atoms with Crippen LogP contribution in [0, 0.1) is 0 Å². The second kappa shape index (κ2) is 8.97. The third-order valence-electron chi connectivity index (χ3n) is 4.60. The largest absolute Gasteiger partial charge is 0.350 e. The number of benzene rings is 2. The maximum atomic E-state index is 12.3. The highest BCUT2D eigenvalue weighted by atomic mass is 32.2. The highest BCUT2D eigenvalue weighted by Crippen LogP contribution is 2.16. The van der Waals surface area contributed by atoms with Gasteiger partial charge in [0.2, 0.25) is 15.9 Å². The van der Waals surface area contributed by atoms with E-state index < -0.39 is 10.0 Å². The predicted octanol–water partition coefficient (Wildman–Crippen LogP) is 1.99. The Kier molecular flexibility index (Phi) is 6.40. The summed E-state index contributed by atoms with van der Waals surface area (Å²) in [5.74, 6) is -0.0650. The Balaban J connectivity index is 1.52. The molecule has 2 aromatic carbocycles. The van der Waals surface area contributed by atoms with E-state index in [9.17, 15) is 13.2 Å². The molecule has 0 saturated heterocycles. The Morgan fingerprint density at radius 1 is 1.10 bits per heavy atom. The Morgan fingerprint density at radius 3 is 2.38 bits per heavy atom. The van der Waals surface area contributed by atoms with Crippen LogP contribution in [0.25, 0.3) is 5.69 Å². The molecule has 0 fully saturated rings. The third kappa shape index (κ3) is 5.27. The fourth-order valence-electron chi connectivity index (χ4n) is 2.87. The molecule has 0 bridgehead atoms. The van der Waals surface area contributed by atoms with Crippen LogP contribution in [0.2, 0.25) is 0 Å². The van der Waals surface area contributed by atoms with Gasteiger partial charge in [-0.15, -0.1) is 0 Å². The van der Waals surface area contributed by atoms with E-state index in [-0.39, 0.29) is 16.8 Å². The Bertz CT molecular complexity index is 1050. The van der Waals surface area contributed by atoms with E-state index in [0.717, 1.165) is 16.8 Å². The van der Waals surface area contributed by atoms with Gasteiger partial charge in [0.15, 0.2) is 0 Å². The summed E-state index contributed by atoms with van der Waals surface area (Å²) in [6.45, 7) is 1.93. The van der Waals surface area contributed by atoms with Gasteiger partial charge in [0, 0.05) is 6.42 Å². The Labute approximate surface area is 170 Å². The van der Waals surface area contributed by atoms with Crippen LogP contribution in [0.3, 0.4) is 0 Å². The van der Waals surface area contributed by atoms with Gasteiger partial charge in [-0.1, -0.05) is 24.3 Å². The van der Waals surface area contributed by atoms with Crippen molar-refractivity contribution in [2.24, 2.45) is 0 Å². The molecule has 1 aromatic heterocycles. The van der Waals surface area contributed by atoms with Gasteiger partial charge in [-0.05, 0) is 55.8 Å². The number of nitrogens with one attached hydrogen (secondary N) is 2. The average Bonchev–Trinajstić information content (AvgIpc) is 3.27. The predicted molar refractivity (Wildman–Crippen MR) is 109 cm³/mol. The number of aryl methyl sites for hydroxylation is 1. The van der Waals surface area contributed by atoms with Crippen molar-refractivity contribution in [1.29, 1.82) is 0 Å². The number of sulfonamides is 1. The van der Waals surface area contributed by atoms with E-state index in [1.165, 1.54) is 13.4 Å². The van der Waals surface area contributed by atoms with Crippen LogP contribution in [0.5, 0.6) is 0 Å². The zero-order chi connectivity index (χ0) is 20.9. The summed E-state index contributed by atoms with van der Waals surface area (Å²) in [5.41, 5.74) is 2.79. The van der Waals surface area contributed by atoms with Gasteiger partial charge in [-0.2, -0.15) is 5.10 Å². The smallest absolute Gasteiger partial charge is 0.240 e. The SMILES string of the molecule is CNS(=O)(=O)c1ccc(CCC(=O)NC(C)c2ccc(-n3cncn3)cc2)cc1. The lowest BCUT2D eigenvalue weighted by molar-refractivity contribution is -0.121. The van der Waals surface area contributed by atoms with Gasteiger partial charge >= 0.3 is 0 Å². The van der Waals surface area contributed by atoms with E-state index in [0.29, 0.717) is 12.8 Å². The van der Waals surface area contributed by atoms with Crippen molar-refractivity contribution in [3.63, 3.8) is 0 Å². The van der Waals surface area contributed by atoms with E-state index in [2.05, 4.69) is 20.1 Å². The number of amides is 1. The summed E-state index contributed by atoms with van der Waals surface area (Å²) < 4.78 is 27.4. The minimum absolute atomic E-state index is 0.0650. The lowest BCUT2D eigenvalue weighted by Crippen LogP contribution is -2.26. The summed E-state index contributed by atoms with van der Waals surface area (Å²) in [5, 5.41) is 7.07. The molecule has 1 heterocycles. The number of carbonyl (C=O) groups is 1. The van der Waals surface area contributed by atoms with Crippen LogP contribution in [-0.4, -0.2) is 36.1 Å². The number of rotatable bonds is 8. The van der Waals surface area contributed by atoms with Crippen molar-refractivity contribution >= 4 is 15.9 Å². The van der Waals surface area contributed by atoms with Crippen molar-refractivity contribution in [3.05, 3.63) is 72.3 Å². The van der Waals surface area contributed by atoms with Gasteiger partial charge < -0.3 is 5.32 Å². The molecule has 0 saturated carbocycles. The molecule has 29 heavy (non-hydrogen) atoms. The van der Waals surface area contributed by atoms with Crippen LogP contribution in [-0.2, 0) is 21.2 Å². The number of carbonyl (C=O) groups excluding carboxylic acids is 1. The highest BCUT2D eigenvalue weighted by molar-refractivity contribution is 7.89. The molecule has 0 aliphatic heterocycles. The molecule has 0 aliphatic carbocycles. The molecule has 3 aromatic rings. The zero-order valence-corrected chi connectivity index (χ0v) is 17.1. The molecule has 1 unspecified atom stereocenters. The normalized spacial score (nSPS) is 12.5. The van der Waals surface area contributed by atoms with Crippen molar-refractivity contribution in [2.45, 2.75) is 30.7 Å². The first-order valence-corrected chi connectivity index (χ1v) is 10.6. The van der Waals surface area contributed by atoms with Gasteiger partial charge in [-0.3, -0.25) is 4.79 Å². The second-order valence-electron chi connectivity index (χ2n) is 6.57. The molecular weight excluding hydrogens is 390 g/mol. The molecule has 9 heteroatoms. The van der Waals surface area contributed by atoms with Crippen LogP contribution in [0.15, 0.2) is 66.1 Å². The van der Waals surface area contributed by atoms with Gasteiger partial charge in [0.1, 0.15) is 12.7 Å². The van der Waals surface area contributed by atoms with Crippen LogP contribution >= 0.6 is 0 Å². The fraction of sp³-hybridized carbons (Fsp3) is 0.250. The summed E-state index contributed by atoms with van der Waals surface area (Å²) in [6, 6.07) is 14.1. The standard InChI is InChI=1S/C20H23N5O3S/c1-15(17-6-8-18(9-7-17)25-14-22-13-23-25)24-20(26)12-5-16-3-10-19(11-4-16)29(27,28)21-2/h3-4,6-11,13-15,21H,5,12H2,1-2H3,(H,24,26). The van der Waals surface area contributed by atoms with Crippen molar-refractivity contribution in [3.8, 4) is 5.69 Å². The minimum atomic E-state index is -3.45. The topological polar surface area (TPSA) is 106 Å². The number of hydrogen-bond donors (Lipinski definition) is 2. The van der Waals surface area contributed by atoms with Crippen LogP contribution in [0.4, 0.5) is 0 Å². The van der Waals surface area contributed by atoms with Crippen molar-refractivity contribution < 1.29 is 13.2 Å². The van der Waals surface area contributed by atoms with E-state index in [1.807, 2.05) is 31.2 Å². The first-order chi connectivity index (χ1) is 13.9. The molecule has 0 aliphatic rings. The van der Waals surface area contributed by atoms with Gasteiger partial charge in [-0.25, -0.2) is 22.8 Å². The van der Waals surface area contributed by atoms with Gasteiger partial charge in [0.25, 0.3) is 0 Å². The highest BCUT2D eigenvalue weighted by Gasteiger charge is 2.12. The van der Waals surface area contributed by atoms with E-state index in [1.54, 1.807) is 35.3 Å². The summed E-state index contributed by atoms with van der Waals surface area (Å²) in [7, 11) is -2.08. The maximum Gasteiger partial charge on any atom is 0.240 e. The maximum absolute atomic E-state index is 12.3. The molecule has 1 atom stereocenters. The van der Waals surface area contributed by atoms with E-state index >= 15 is 0 Å². The lowest BCUT2D eigenvalue weighted by Gasteiger charge is -2.15. The van der Waals surface area contributed by atoms with Crippen LogP contribution < -0.4 is 10.0 Å². The first kappa shape index (κ1) is 20.7. The lowest BCUT2D eigenvalue weighted by atomic mass is 10.1. The number of hydrogen-bond acceptors (Lipinski definition) is 5. The average molecular weight is 414 g/mol. The van der Waals surface area contributed by atoms with Crippen molar-refractivity contribution in [1.82, 2.24) is 24.8 Å². The number of nitrogens with zero attached hydrogens (tertiary/aromatic N) is 3. The molecular formula is C20H23N5O3S.